The molecule has 1 saturated carbocycles. The number of nitrogens with one attached hydrogen (secondary N) is 1. The van der Waals surface area contributed by atoms with Crippen LogP contribution >= 0.6 is 0 Å². The zero-order valence-electron chi connectivity index (χ0n) is 11.6. The van der Waals surface area contributed by atoms with E-state index < -0.39 is 0 Å². The van der Waals surface area contributed by atoms with Gasteiger partial charge in [-0.1, -0.05) is 13.0 Å². The molecule has 3 nitrogen and oxygen atoms in total. The first-order chi connectivity index (χ1) is 9.20. The molecule has 1 aromatic rings. The van der Waals surface area contributed by atoms with Gasteiger partial charge < -0.3 is 10.1 Å². The third-order valence-corrected chi connectivity index (χ3v) is 3.41. The number of Topliss-reactive ketones (excluding diaryl/α,β-unsaturated/α-hetero) is 1. The molecule has 3 heteroatoms. The number of anilines is 1. The molecule has 0 spiro atoms. The molecular weight excluding hydrogens is 238 g/mol. The first-order valence-electron chi connectivity index (χ1n) is 6.93. The third kappa shape index (κ3) is 3.60. The van der Waals surface area contributed by atoms with E-state index in [0.29, 0.717) is 6.61 Å². The maximum Gasteiger partial charge on any atom is 0.163 e. The average molecular weight is 259 g/mol. The van der Waals surface area contributed by atoms with Crippen molar-refractivity contribution in [2.24, 2.45) is 5.92 Å². The van der Waals surface area contributed by atoms with E-state index in [4.69, 9.17) is 4.74 Å². The Hall–Kier alpha value is -1.77. The Morgan fingerprint density at radius 2 is 2.32 bits per heavy atom. The van der Waals surface area contributed by atoms with Gasteiger partial charge in [0.05, 0.1) is 6.61 Å². The largest absolute Gasteiger partial charge is 0.494 e. The predicted molar refractivity (Wildman–Crippen MR) is 77.3 cm³/mol. The van der Waals surface area contributed by atoms with Crippen LogP contribution in [0.5, 0.6) is 5.75 Å². The van der Waals surface area contributed by atoms with Crippen molar-refractivity contribution in [2.75, 3.05) is 11.9 Å². The number of rotatable bonds is 4. The number of hydrogen-bond donors (Lipinski definition) is 1. The maximum absolute atomic E-state index is 12.0. The van der Waals surface area contributed by atoms with E-state index in [1.54, 1.807) is 0 Å². The highest BCUT2D eigenvalue weighted by atomic mass is 16.5. The molecule has 0 bridgehead atoms. The van der Waals surface area contributed by atoms with Crippen molar-refractivity contribution in [2.45, 2.75) is 33.1 Å². The first kappa shape index (κ1) is 13.7. The van der Waals surface area contributed by atoms with E-state index in [-0.39, 0.29) is 11.7 Å². The summed E-state index contributed by atoms with van der Waals surface area (Å²) in [4.78, 5) is 12.0. The molecule has 1 aliphatic carbocycles. The van der Waals surface area contributed by atoms with Crippen molar-refractivity contribution in [1.82, 2.24) is 0 Å². The summed E-state index contributed by atoms with van der Waals surface area (Å²) in [7, 11) is 0. The SMILES string of the molecule is CCOc1cccc(NC=C2CCCC(C)C2=O)c1. The molecule has 19 heavy (non-hydrogen) atoms. The van der Waals surface area contributed by atoms with Crippen LogP contribution in [0.25, 0.3) is 0 Å². The molecule has 1 atom stereocenters. The highest BCUT2D eigenvalue weighted by molar-refractivity contribution is 5.97. The molecule has 0 radical (unpaired) electrons. The van der Waals surface area contributed by atoms with Crippen LogP contribution in [0, 0.1) is 5.92 Å². The quantitative estimate of drug-likeness (QED) is 0.836. The minimum atomic E-state index is 0.163. The van der Waals surface area contributed by atoms with Crippen molar-refractivity contribution < 1.29 is 9.53 Å². The normalized spacial score (nSPS) is 21.5. The molecule has 1 fully saturated rings. The van der Waals surface area contributed by atoms with Crippen molar-refractivity contribution in [3.63, 3.8) is 0 Å². The zero-order chi connectivity index (χ0) is 13.7. The molecule has 1 N–H and O–H groups in total. The highest BCUT2D eigenvalue weighted by Gasteiger charge is 2.22. The second kappa shape index (κ2) is 6.41. The first-order valence-corrected chi connectivity index (χ1v) is 6.93. The fraction of sp³-hybridized carbons (Fsp3) is 0.438. The highest BCUT2D eigenvalue weighted by Crippen LogP contribution is 2.25. The van der Waals surface area contributed by atoms with Crippen LogP contribution in [-0.2, 0) is 4.79 Å². The molecule has 0 heterocycles. The average Bonchev–Trinajstić information content (AvgIpc) is 2.41. The van der Waals surface area contributed by atoms with Crippen molar-refractivity contribution >= 4 is 11.5 Å². The number of ether oxygens (including phenoxy) is 1. The minimum Gasteiger partial charge on any atom is -0.494 e. The van der Waals surface area contributed by atoms with Gasteiger partial charge in [-0.25, -0.2) is 0 Å². The summed E-state index contributed by atoms with van der Waals surface area (Å²) in [6.07, 6.45) is 4.83. The van der Waals surface area contributed by atoms with Crippen LogP contribution in [0.4, 0.5) is 5.69 Å². The number of carbonyl (C=O) groups excluding carboxylic acids is 1. The summed E-state index contributed by atoms with van der Waals surface area (Å²) >= 11 is 0. The zero-order valence-corrected chi connectivity index (χ0v) is 11.6. The fourth-order valence-electron chi connectivity index (χ4n) is 2.33. The summed E-state index contributed by atoms with van der Waals surface area (Å²) in [5.74, 6) is 1.28. The lowest BCUT2D eigenvalue weighted by atomic mass is 9.86. The lowest BCUT2D eigenvalue weighted by Crippen LogP contribution is -2.19. The lowest BCUT2D eigenvalue weighted by molar-refractivity contribution is -0.119. The molecule has 0 amide bonds. The van der Waals surface area contributed by atoms with Gasteiger partial charge in [0.2, 0.25) is 0 Å². The molecule has 102 valence electrons. The molecule has 1 aliphatic rings. The molecule has 1 unspecified atom stereocenters. The van der Waals surface area contributed by atoms with Gasteiger partial charge >= 0.3 is 0 Å². The van der Waals surface area contributed by atoms with E-state index >= 15 is 0 Å². The Bertz CT molecular complexity index is 479. The second-order valence-corrected chi connectivity index (χ2v) is 4.93. The van der Waals surface area contributed by atoms with Gasteiger partial charge in [0.25, 0.3) is 0 Å². The van der Waals surface area contributed by atoms with Crippen LogP contribution in [-0.4, -0.2) is 12.4 Å². The Balaban J connectivity index is 2.04. The number of benzene rings is 1. The fourth-order valence-corrected chi connectivity index (χ4v) is 2.33. The van der Waals surface area contributed by atoms with Crippen LogP contribution in [0.1, 0.15) is 33.1 Å². The molecule has 0 saturated heterocycles. The monoisotopic (exact) mass is 259 g/mol. The smallest absolute Gasteiger partial charge is 0.163 e. The number of ketones is 1. The summed E-state index contributed by atoms with van der Waals surface area (Å²) in [5.41, 5.74) is 1.85. The maximum atomic E-state index is 12.0. The third-order valence-electron chi connectivity index (χ3n) is 3.41. The molecule has 0 aliphatic heterocycles. The second-order valence-electron chi connectivity index (χ2n) is 4.93. The van der Waals surface area contributed by atoms with Gasteiger partial charge in [0.15, 0.2) is 5.78 Å². The predicted octanol–water partition coefficient (Wildman–Crippen LogP) is 3.77. The molecule has 1 aromatic carbocycles. The summed E-state index contributed by atoms with van der Waals surface area (Å²) in [6.45, 7) is 4.62. The Kier molecular flexibility index (Phi) is 4.61. The van der Waals surface area contributed by atoms with Crippen molar-refractivity contribution in [1.29, 1.82) is 0 Å². The summed E-state index contributed by atoms with van der Waals surface area (Å²) in [5, 5.41) is 3.20. The molecular formula is C16H21NO2. The summed E-state index contributed by atoms with van der Waals surface area (Å²) < 4.78 is 5.45. The van der Waals surface area contributed by atoms with Crippen molar-refractivity contribution in [3.05, 3.63) is 36.0 Å². The minimum absolute atomic E-state index is 0.163. The number of carbonyl (C=O) groups is 1. The molecule has 2 rings (SSSR count). The topological polar surface area (TPSA) is 38.3 Å². The van der Waals surface area contributed by atoms with E-state index in [1.807, 2.05) is 44.3 Å². The van der Waals surface area contributed by atoms with Gasteiger partial charge in [-0.05, 0) is 38.3 Å². The van der Waals surface area contributed by atoms with E-state index in [2.05, 4.69) is 5.32 Å². The van der Waals surface area contributed by atoms with E-state index in [9.17, 15) is 4.79 Å². The van der Waals surface area contributed by atoms with Crippen molar-refractivity contribution in [3.8, 4) is 5.75 Å². The number of hydrogen-bond acceptors (Lipinski definition) is 3. The van der Waals surface area contributed by atoms with Gasteiger partial charge in [0.1, 0.15) is 5.75 Å². The Morgan fingerprint density at radius 3 is 3.11 bits per heavy atom. The van der Waals surface area contributed by atoms with Crippen LogP contribution in [0.2, 0.25) is 0 Å². The molecule has 0 aromatic heterocycles. The Morgan fingerprint density at radius 1 is 1.47 bits per heavy atom. The standard InChI is InChI=1S/C16H21NO2/c1-3-19-15-9-5-8-14(10-15)17-11-13-7-4-6-12(2)16(13)18/h5,8-12,17H,3-4,6-7H2,1-2H3. The lowest BCUT2D eigenvalue weighted by Gasteiger charge is -2.19. The van der Waals surface area contributed by atoms with Gasteiger partial charge in [-0.15, -0.1) is 0 Å². The number of allylic oxidation sites excluding steroid dienone is 1. The van der Waals surface area contributed by atoms with Gasteiger partial charge in [-0.3, -0.25) is 4.79 Å². The van der Waals surface area contributed by atoms with Crippen LogP contribution < -0.4 is 10.1 Å². The Labute approximate surface area is 114 Å². The van der Waals surface area contributed by atoms with Gasteiger partial charge in [0, 0.05) is 29.4 Å². The van der Waals surface area contributed by atoms with Crippen LogP contribution in [0.15, 0.2) is 36.0 Å². The van der Waals surface area contributed by atoms with E-state index in [0.717, 1.165) is 36.3 Å². The van der Waals surface area contributed by atoms with Crippen LogP contribution in [0.3, 0.4) is 0 Å². The van der Waals surface area contributed by atoms with Gasteiger partial charge in [-0.2, -0.15) is 0 Å². The summed E-state index contributed by atoms with van der Waals surface area (Å²) in [6, 6.07) is 7.78. The van der Waals surface area contributed by atoms with E-state index in [1.165, 1.54) is 0 Å².